The van der Waals surface area contributed by atoms with Crippen molar-refractivity contribution < 1.29 is 14.3 Å². The largest absolute Gasteiger partial charge is 0.494 e. The predicted octanol–water partition coefficient (Wildman–Crippen LogP) is 2.16. The Kier molecular flexibility index (Phi) is 5.96. The molecule has 2 aromatic rings. The van der Waals surface area contributed by atoms with Crippen LogP contribution < -0.4 is 16.6 Å². The van der Waals surface area contributed by atoms with E-state index in [2.05, 4.69) is 5.32 Å². The Morgan fingerprint density at radius 2 is 1.89 bits per heavy atom. The summed E-state index contributed by atoms with van der Waals surface area (Å²) < 4.78 is 16.1. The van der Waals surface area contributed by atoms with Crippen molar-refractivity contribution in [2.45, 2.75) is 51.6 Å². The van der Waals surface area contributed by atoms with E-state index >= 15 is 0 Å². The van der Waals surface area contributed by atoms with Gasteiger partial charge in [-0.3, -0.25) is 18.7 Å². The molecule has 0 unspecified atom stereocenters. The summed E-state index contributed by atoms with van der Waals surface area (Å²) in [7, 11) is 0. The number of aromatic nitrogens is 2. The van der Waals surface area contributed by atoms with Crippen LogP contribution in [0.2, 0.25) is 0 Å². The number of amides is 1. The van der Waals surface area contributed by atoms with E-state index in [4.69, 9.17) is 0 Å². The van der Waals surface area contributed by atoms with Gasteiger partial charge in [0.1, 0.15) is 5.82 Å². The van der Waals surface area contributed by atoms with E-state index in [9.17, 15) is 23.9 Å². The summed E-state index contributed by atoms with van der Waals surface area (Å²) in [6.45, 7) is 1.66. The third-order valence-corrected chi connectivity index (χ3v) is 5.14. The fourth-order valence-electron chi connectivity index (χ4n) is 3.71. The molecule has 0 atom stereocenters. The zero-order valence-corrected chi connectivity index (χ0v) is 15.8. The van der Waals surface area contributed by atoms with Crippen molar-refractivity contribution in [1.82, 2.24) is 14.5 Å². The van der Waals surface area contributed by atoms with Gasteiger partial charge in [-0.1, -0.05) is 37.5 Å². The normalized spacial score (nSPS) is 14.8. The van der Waals surface area contributed by atoms with Crippen molar-refractivity contribution in [1.29, 1.82) is 0 Å². The van der Waals surface area contributed by atoms with Gasteiger partial charge in [0.25, 0.3) is 11.5 Å². The molecule has 1 heterocycles. The lowest BCUT2D eigenvalue weighted by Crippen LogP contribution is -2.46. The van der Waals surface area contributed by atoms with Gasteiger partial charge in [0, 0.05) is 18.2 Å². The van der Waals surface area contributed by atoms with Gasteiger partial charge in [0.15, 0.2) is 5.56 Å². The van der Waals surface area contributed by atoms with Crippen molar-refractivity contribution in [3.8, 4) is 5.88 Å². The van der Waals surface area contributed by atoms with Gasteiger partial charge in [0.05, 0.1) is 6.54 Å². The molecule has 0 spiro atoms. The minimum atomic E-state index is -0.801. The predicted molar refractivity (Wildman–Crippen MR) is 102 cm³/mol. The molecule has 1 aromatic heterocycles. The summed E-state index contributed by atoms with van der Waals surface area (Å²) in [5, 5.41) is 13.1. The second-order valence-electron chi connectivity index (χ2n) is 6.99. The maximum atomic E-state index is 14.1. The molecule has 0 saturated heterocycles. The van der Waals surface area contributed by atoms with Crippen LogP contribution in [0.3, 0.4) is 0 Å². The SMILES string of the molecule is CCNC(=O)c1c(O)n(Cc2ccccc2F)c(=O)n(C2CCCCC2)c1=O. The van der Waals surface area contributed by atoms with E-state index in [1.807, 2.05) is 0 Å². The van der Waals surface area contributed by atoms with Gasteiger partial charge < -0.3 is 10.4 Å². The van der Waals surface area contributed by atoms with Gasteiger partial charge in [-0.2, -0.15) is 0 Å². The molecule has 2 N–H and O–H groups in total. The van der Waals surface area contributed by atoms with Crippen LogP contribution in [0.4, 0.5) is 4.39 Å². The quantitative estimate of drug-likeness (QED) is 0.820. The molecule has 1 saturated carbocycles. The van der Waals surface area contributed by atoms with Crippen LogP contribution in [0.15, 0.2) is 33.9 Å². The fourth-order valence-corrected chi connectivity index (χ4v) is 3.71. The maximum absolute atomic E-state index is 14.1. The number of benzene rings is 1. The van der Waals surface area contributed by atoms with Crippen LogP contribution in [0.1, 0.15) is 61.0 Å². The van der Waals surface area contributed by atoms with Crippen molar-refractivity contribution in [3.63, 3.8) is 0 Å². The lowest BCUT2D eigenvalue weighted by molar-refractivity contribution is 0.0948. The van der Waals surface area contributed by atoms with Crippen LogP contribution >= 0.6 is 0 Å². The van der Waals surface area contributed by atoms with Crippen molar-refractivity contribution in [2.75, 3.05) is 6.54 Å². The zero-order valence-electron chi connectivity index (χ0n) is 15.8. The number of halogens is 1. The lowest BCUT2D eigenvalue weighted by Gasteiger charge is -2.25. The van der Waals surface area contributed by atoms with Crippen LogP contribution in [0.25, 0.3) is 0 Å². The number of carbonyl (C=O) groups is 1. The molecular weight excluding hydrogens is 365 g/mol. The van der Waals surface area contributed by atoms with Crippen molar-refractivity contribution in [2.24, 2.45) is 0 Å². The molecule has 0 aliphatic heterocycles. The Hall–Kier alpha value is -2.90. The molecule has 28 heavy (non-hydrogen) atoms. The molecule has 1 aliphatic carbocycles. The monoisotopic (exact) mass is 389 g/mol. The van der Waals surface area contributed by atoms with E-state index < -0.39 is 34.4 Å². The fraction of sp³-hybridized carbons (Fsp3) is 0.450. The third-order valence-electron chi connectivity index (χ3n) is 5.14. The number of aromatic hydroxyl groups is 1. The maximum Gasteiger partial charge on any atom is 0.334 e. The molecule has 0 radical (unpaired) electrons. The molecule has 1 aliphatic rings. The first-order valence-electron chi connectivity index (χ1n) is 9.55. The molecule has 8 heteroatoms. The average Bonchev–Trinajstić information content (AvgIpc) is 2.67. The van der Waals surface area contributed by atoms with Crippen LogP contribution in [-0.4, -0.2) is 26.7 Å². The Labute approximate surface area is 161 Å². The summed E-state index contributed by atoms with van der Waals surface area (Å²) in [6, 6.07) is 5.53. The van der Waals surface area contributed by atoms with Crippen LogP contribution in [0, 0.1) is 5.82 Å². The number of carbonyl (C=O) groups excluding carboxylic acids is 1. The highest BCUT2D eigenvalue weighted by Gasteiger charge is 2.28. The highest BCUT2D eigenvalue weighted by atomic mass is 19.1. The summed E-state index contributed by atoms with van der Waals surface area (Å²) in [5.41, 5.74) is -1.84. The van der Waals surface area contributed by atoms with Crippen molar-refractivity contribution in [3.05, 3.63) is 62.0 Å². The average molecular weight is 389 g/mol. The second kappa shape index (κ2) is 8.41. The van der Waals surface area contributed by atoms with Gasteiger partial charge >= 0.3 is 5.69 Å². The van der Waals surface area contributed by atoms with E-state index in [0.29, 0.717) is 12.8 Å². The smallest absolute Gasteiger partial charge is 0.334 e. The zero-order chi connectivity index (χ0) is 20.3. The second-order valence-corrected chi connectivity index (χ2v) is 6.99. The van der Waals surface area contributed by atoms with Gasteiger partial charge in [-0.05, 0) is 25.8 Å². The highest BCUT2D eigenvalue weighted by Crippen LogP contribution is 2.26. The molecule has 7 nitrogen and oxygen atoms in total. The minimum absolute atomic E-state index is 0.176. The van der Waals surface area contributed by atoms with Crippen LogP contribution in [-0.2, 0) is 6.54 Å². The number of nitrogens with one attached hydrogen (secondary N) is 1. The number of hydrogen-bond donors (Lipinski definition) is 2. The number of hydrogen-bond acceptors (Lipinski definition) is 4. The summed E-state index contributed by atoms with van der Waals surface area (Å²) in [6.07, 6.45) is 4.07. The van der Waals surface area contributed by atoms with Crippen LogP contribution in [0.5, 0.6) is 5.88 Å². The summed E-state index contributed by atoms with van der Waals surface area (Å²) in [5.74, 6) is -2.03. The van der Waals surface area contributed by atoms with Gasteiger partial charge in [-0.25, -0.2) is 9.18 Å². The standard InChI is InChI=1S/C20H24FN3O4/c1-2-22-17(25)16-18(26)23(12-13-8-6-7-11-15(13)21)20(28)24(19(16)27)14-9-4-3-5-10-14/h6-8,11,14,26H,2-5,9-10,12H2,1H3,(H,22,25). The number of nitrogens with zero attached hydrogens (tertiary/aromatic N) is 2. The summed E-state index contributed by atoms with van der Waals surface area (Å²) >= 11 is 0. The highest BCUT2D eigenvalue weighted by molar-refractivity contribution is 5.95. The number of rotatable bonds is 5. The Morgan fingerprint density at radius 1 is 1.21 bits per heavy atom. The Morgan fingerprint density at radius 3 is 2.54 bits per heavy atom. The van der Waals surface area contributed by atoms with E-state index in [-0.39, 0.29) is 24.7 Å². The molecule has 0 bridgehead atoms. The first-order chi connectivity index (χ1) is 13.5. The molecule has 150 valence electrons. The molecule has 1 fully saturated rings. The molecular formula is C20H24FN3O4. The molecule has 3 rings (SSSR count). The van der Waals surface area contributed by atoms with Gasteiger partial charge in [-0.15, -0.1) is 0 Å². The molecule has 1 amide bonds. The minimum Gasteiger partial charge on any atom is -0.494 e. The first kappa shape index (κ1) is 19.9. The van der Waals surface area contributed by atoms with E-state index in [0.717, 1.165) is 28.4 Å². The molecule has 1 aromatic carbocycles. The van der Waals surface area contributed by atoms with E-state index in [1.54, 1.807) is 13.0 Å². The van der Waals surface area contributed by atoms with Gasteiger partial charge in [0.2, 0.25) is 5.88 Å². The Bertz CT molecular complexity index is 990. The third kappa shape index (κ3) is 3.72. The Balaban J connectivity index is 2.21. The lowest BCUT2D eigenvalue weighted by atomic mass is 9.95. The topological polar surface area (TPSA) is 93.3 Å². The first-order valence-corrected chi connectivity index (χ1v) is 9.55. The van der Waals surface area contributed by atoms with E-state index in [1.165, 1.54) is 18.2 Å². The van der Waals surface area contributed by atoms with Crippen molar-refractivity contribution >= 4 is 5.91 Å². The summed E-state index contributed by atoms with van der Waals surface area (Å²) in [4.78, 5) is 38.5.